The van der Waals surface area contributed by atoms with Gasteiger partial charge < -0.3 is 40.6 Å². The van der Waals surface area contributed by atoms with Gasteiger partial charge in [0.15, 0.2) is 0 Å². The number of nitrogens with one attached hydrogen (secondary N) is 4. The number of fused-ring (bicyclic) bond motifs is 8. The van der Waals surface area contributed by atoms with Gasteiger partial charge in [-0.25, -0.2) is 0 Å². The summed E-state index contributed by atoms with van der Waals surface area (Å²) in [5.41, 5.74) is 1.29. The van der Waals surface area contributed by atoms with Crippen molar-refractivity contribution < 1.29 is 28.9 Å². The first-order valence-electron chi connectivity index (χ1n) is 26.9. The Morgan fingerprint density at radius 3 is 1.97 bits per heavy atom. The maximum absolute atomic E-state index is 13.8. The van der Waals surface area contributed by atoms with Gasteiger partial charge in [0.05, 0.1) is 25.2 Å². The van der Waals surface area contributed by atoms with E-state index >= 15 is 0 Å². The van der Waals surface area contributed by atoms with Gasteiger partial charge in [-0.15, -0.1) is 6.58 Å². The number of carbonyl (C=O) groups excluding carboxylic acids is 2. The highest BCUT2D eigenvalue weighted by Gasteiger charge is 2.64. The molecule has 372 valence electrons. The summed E-state index contributed by atoms with van der Waals surface area (Å²) in [6, 6.07) is 1.29. The van der Waals surface area contributed by atoms with Crippen molar-refractivity contribution in [1.82, 2.24) is 21.3 Å². The van der Waals surface area contributed by atoms with Crippen LogP contribution in [0.4, 0.5) is 0 Å². The second-order valence-electron chi connectivity index (χ2n) is 23.2. The molecule has 65 heavy (non-hydrogen) atoms. The third-order valence-corrected chi connectivity index (χ3v) is 18.7. The quantitative estimate of drug-likeness (QED) is 0.0562. The Balaban J connectivity index is 1.11. The topological polar surface area (TPSA) is 130 Å². The summed E-state index contributed by atoms with van der Waals surface area (Å²) in [5, 5.41) is 28.7. The summed E-state index contributed by atoms with van der Waals surface area (Å²) in [6.45, 7) is 25.6. The van der Waals surface area contributed by atoms with Crippen molar-refractivity contribution in [1.29, 1.82) is 0 Å². The zero-order valence-electron chi connectivity index (χ0n) is 42.9. The Labute approximate surface area is 396 Å². The van der Waals surface area contributed by atoms with Gasteiger partial charge in [-0.3, -0.25) is 9.59 Å². The van der Waals surface area contributed by atoms with Crippen LogP contribution in [0.3, 0.4) is 0 Å². The first kappa shape index (κ1) is 52.5. The highest BCUT2D eigenvalue weighted by atomic mass is 16.5. The average molecular weight is 909 g/mol. The van der Waals surface area contributed by atoms with Gasteiger partial charge >= 0.3 is 11.9 Å². The van der Waals surface area contributed by atoms with E-state index in [1.807, 2.05) is 7.11 Å². The minimum absolute atomic E-state index is 0.0577. The average Bonchev–Trinajstić information content (AvgIpc) is 4.02. The molecule has 0 aromatic rings. The fourth-order valence-corrected chi connectivity index (χ4v) is 14.8. The van der Waals surface area contributed by atoms with Gasteiger partial charge in [0, 0.05) is 79.6 Å². The molecule has 0 amide bonds. The Kier molecular flexibility index (Phi) is 19.5. The number of hydrogen-bond acceptors (Lipinski definition) is 10. The largest absolute Gasteiger partial charge is 0.469 e. The van der Waals surface area contributed by atoms with Crippen LogP contribution in [-0.4, -0.2) is 98.4 Å². The molecule has 6 fully saturated rings. The molecule has 5 heterocycles. The van der Waals surface area contributed by atoms with E-state index < -0.39 is 12.0 Å². The van der Waals surface area contributed by atoms with Crippen LogP contribution in [0.15, 0.2) is 24.3 Å². The van der Waals surface area contributed by atoms with Crippen LogP contribution in [0.25, 0.3) is 0 Å². The number of aliphatic hydroxyl groups is 1. The Morgan fingerprint density at radius 2 is 1.32 bits per heavy atom. The van der Waals surface area contributed by atoms with E-state index in [1.165, 1.54) is 64.0 Å². The van der Waals surface area contributed by atoms with E-state index in [0.29, 0.717) is 43.2 Å². The molecule has 0 aromatic carbocycles. The molecule has 0 radical (unpaired) electrons. The van der Waals surface area contributed by atoms with Crippen LogP contribution < -0.4 is 21.3 Å². The summed E-state index contributed by atoms with van der Waals surface area (Å²) in [7, 11) is 3.33. The zero-order valence-corrected chi connectivity index (χ0v) is 42.9. The van der Waals surface area contributed by atoms with E-state index in [2.05, 4.69) is 102 Å². The fourth-order valence-electron chi connectivity index (χ4n) is 14.8. The van der Waals surface area contributed by atoms with E-state index in [1.54, 1.807) is 0 Å². The van der Waals surface area contributed by atoms with Crippen molar-refractivity contribution in [2.75, 3.05) is 20.8 Å². The third-order valence-electron chi connectivity index (χ3n) is 18.7. The molecular weight excluding hydrogens is 813 g/mol. The number of ether oxygens (including phenoxy) is 3. The van der Waals surface area contributed by atoms with Gasteiger partial charge in [0.1, 0.15) is 6.61 Å². The molecule has 1 saturated carbocycles. The SMILES string of the molecule is C=CC1C2CC3NC(CC4NC5C(C4C)C(O)C(C(=O)OC)C5C4NC(CC(N2)C1C)C(C)[C@@H]4CCC(=O)OCC=C(C)CCC[C@H](C)CCC[C@@H](C)CCCC(C)C)C(CC)C3OC. The molecule has 8 bridgehead atoms. The predicted octanol–water partition coefficient (Wildman–Crippen LogP) is 9.00. The smallest absolute Gasteiger partial charge is 0.311 e. The van der Waals surface area contributed by atoms with Gasteiger partial charge in [0.2, 0.25) is 0 Å². The van der Waals surface area contributed by atoms with Gasteiger partial charge in [-0.05, 0) is 105 Å². The van der Waals surface area contributed by atoms with E-state index in [4.69, 9.17) is 14.2 Å². The zero-order chi connectivity index (χ0) is 47.1. The molecule has 10 nitrogen and oxygen atoms in total. The Morgan fingerprint density at radius 1 is 0.723 bits per heavy atom. The third kappa shape index (κ3) is 12.3. The summed E-state index contributed by atoms with van der Waals surface area (Å²) >= 11 is 0. The minimum atomic E-state index is -0.814. The number of aliphatic hydroxyl groups excluding tert-OH is 1. The number of rotatable bonds is 21. The first-order valence-corrected chi connectivity index (χ1v) is 26.9. The van der Waals surface area contributed by atoms with E-state index in [0.717, 1.165) is 49.9 Å². The molecular formula is C55H96N4O6. The number of esters is 2. The summed E-state index contributed by atoms with van der Waals surface area (Å²) in [6.07, 6.45) is 20.0. The molecule has 6 aliphatic rings. The molecule has 21 atom stereocenters. The van der Waals surface area contributed by atoms with Crippen molar-refractivity contribution in [2.24, 2.45) is 71.0 Å². The van der Waals surface area contributed by atoms with E-state index in [9.17, 15) is 14.7 Å². The van der Waals surface area contributed by atoms with E-state index in [-0.39, 0.29) is 89.9 Å². The van der Waals surface area contributed by atoms with Crippen molar-refractivity contribution in [3.8, 4) is 0 Å². The molecule has 5 saturated heterocycles. The van der Waals surface area contributed by atoms with Crippen LogP contribution in [0.5, 0.6) is 0 Å². The van der Waals surface area contributed by atoms with Crippen LogP contribution in [0.2, 0.25) is 0 Å². The van der Waals surface area contributed by atoms with Crippen LogP contribution in [0, 0.1) is 71.0 Å². The number of hydrogen-bond donors (Lipinski definition) is 5. The van der Waals surface area contributed by atoms with Gasteiger partial charge in [-0.2, -0.15) is 0 Å². The van der Waals surface area contributed by atoms with Crippen molar-refractivity contribution >= 4 is 11.9 Å². The lowest BCUT2D eigenvalue weighted by Crippen LogP contribution is -2.52. The molecule has 1 aliphatic carbocycles. The molecule has 5 N–H and O–H groups in total. The predicted molar refractivity (Wildman–Crippen MR) is 263 cm³/mol. The molecule has 5 aliphatic heterocycles. The monoisotopic (exact) mass is 909 g/mol. The van der Waals surface area contributed by atoms with Crippen molar-refractivity contribution in [3.05, 3.63) is 24.3 Å². The van der Waals surface area contributed by atoms with Crippen LogP contribution in [-0.2, 0) is 23.8 Å². The summed E-state index contributed by atoms with van der Waals surface area (Å²) < 4.78 is 17.7. The Hall–Kier alpha value is -1.82. The second kappa shape index (κ2) is 24.1. The van der Waals surface area contributed by atoms with Crippen molar-refractivity contribution in [3.63, 3.8) is 0 Å². The maximum atomic E-state index is 13.8. The lowest BCUT2D eigenvalue weighted by Gasteiger charge is -2.35. The van der Waals surface area contributed by atoms with Gasteiger partial charge in [0.25, 0.3) is 0 Å². The van der Waals surface area contributed by atoms with Crippen LogP contribution in [0.1, 0.15) is 159 Å². The van der Waals surface area contributed by atoms with Crippen LogP contribution >= 0.6 is 0 Å². The molecule has 0 aromatic heterocycles. The fraction of sp³-hybridized carbons (Fsp3) is 0.891. The number of allylic oxidation sites excluding steroid dienone is 1. The van der Waals surface area contributed by atoms with Gasteiger partial charge in [-0.1, -0.05) is 112 Å². The highest BCUT2D eigenvalue weighted by Crippen LogP contribution is 2.53. The lowest BCUT2D eigenvalue weighted by atomic mass is 9.75. The second-order valence-corrected chi connectivity index (χ2v) is 23.2. The molecule has 6 rings (SSSR count). The standard InChI is InChI=1S/C55H96N4O6/c1-13-38-35(8)41-28-42-36(9)40(24-25-47(60)65-27-26-34(7)23-17-22-33(6)21-16-20-32(5)19-15-18-31(3)4)51(58-42)49-50(55(62)64-12)53(61)48-37(10)43(59-52(48)49)29-45-39(14-2)54(63-11)46(57-45)30-44(38)56-41/h13,26,31-33,35-46,48-54,56-59,61H,1,14-25,27-30H2,2-12H3/t32-,33+,35?,36?,37?,38?,39?,40-,41?,42?,43?,44?,45?,46?,48?,49?,50?,51?,52?,53?,54?/m0/s1. The minimum Gasteiger partial charge on any atom is -0.469 e. The normalized spacial score (nSPS) is 41.2. The first-order chi connectivity index (χ1) is 31.1. The summed E-state index contributed by atoms with van der Waals surface area (Å²) in [4.78, 5) is 27.4. The summed E-state index contributed by atoms with van der Waals surface area (Å²) in [5.74, 6) is 2.61. The number of carbonyl (C=O) groups is 2. The maximum Gasteiger partial charge on any atom is 0.311 e. The molecule has 0 spiro atoms. The molecule has 10 heteroatoms. The molecule has 18 unspecified atom stereocenters. The lowest BCUT2D eigenvalue weighted by molar-refractivity contribution is -0.152. The van der Waals surface area contributed by atoms with Crippen molar-refractivity contribution in [2.45, 2.75) is 219 Å². The Bertz CT molecular complexity index is 1560. The highest BCUT2D eigenvalue weighted by molar-refractivity contribution is 5.74. The number of methoxy groups -OCH3 is 2.